The fourth-order valence-electron chi connectivity index (χ4n) is 1.05. The highest BCUT2D eigenvalue weighted by molar-refractivity contribution is 6.01. The Morgan fingerprint density at radius 2 is 1.92 bits per heavy atom. The smallest absolute Gasteiger partial charge is 0.326 e. The molecule has 1 heterocycles. The van der Waals surface area contributed by atoms with E-state index in [1.807, 2.05) is 0 Å². The SMILES string of the molecule is O=C(O)C1C[C@@H](C(=O)O)NC1=O. The minimum atomic E-state index is -1.28. The van der Waals surface area contributed by atoms with Crippen molar-refractivity contribution < 1.29 is 24.6 Å². The fraction of sp³-hybridized carbons (Fsp3) is 0.500. The molecule has 0 aliphatic carbocycles. The molecule has 3 N–H and O–H groups in total. The summed E-state index contributed by atoms with van der Waals surface area (Å²) in [4.78, 5) is 31.4. The van der Waals surface area contributed by atoms with E-state index >= 15 is 0 Å². The molecule has 0 aromatic carbocycles. The van der Waals surface area contributed by atoms with Gasteiger partial charge in [0.25, 0.3) is 0 Å². The summed E-state index contributed by atoms with van der Waals surface area (Å²) in [7, 11) is 0. The first-order valence-electron chi connectivity index (χ1n) is 3.28. The number of hydrogen-bond acceptors (Lipinski definition) is 3. The molecule has 1 fully saturated rings. The van der Waals surface area contributed by atoms with Crippen LogP contribution in [0.25, 0.3) is 0 Å². The van der Waals surface area contributed by atoms with Gasteiger partial charge in [-0.2, -0.15) is 0 Å². The predicted molar refractivity (Wildman–Crippen MR) is 35.3 cm³/mol. The molecular formula is C6H7NO5. The Kier molecular flexibility index (Phi) is 1.99. The average Bonchev–Trinajstić information content (AvgIpc) is 2.30. The zero-order valence-electron chi connectivity index (χ0n) is 5.98. The molecule has 6 heteroatoms. The number of carbonyl (C=O) groups excluding carboxylic acids is 1. The summed E-state index contributed by atoms with van der Waals surface area (Å²) in [5.74, 6) is -4.43. The zero-order chi connectivity index (χ0) is 9.30. The van der Waals surface area contributed by atoms with Crippen LogP contribution in [-0.2, 0) is 14.4 Å². The maximum atomic E-state index is 10.8. The minimum Gasteiger partial charge on any atom is -0.481 e. The maximum Gasteiger partial charge on any atom is 0.326 e. The Morgan fingerprint density at radius 1 is 1.33 bits per heavy atom. The van der Waals surface area contributed by atoms with Crippen LogP contribution in [0.5, 0.6) is 0 Å². The average molecular weight is 173 g/mol. The Hall–Kier alpha value is -1.59. The van der Waals surface area contributed by atoms with E-state index in [0.29, 0.717) is 0 Å². The van der Waals surface area contributed by atoms with E-state index in [1.165, 1.54) is 0 Å². The van der Waals surface area contributed by atoms with Gasteiger partial charge in [-0.1, -0.05) is 0 Å². The van der Waals surface area contributed by atoms with E-state index in [1.54, 1.807) is 0 Å². The molecule has 1 amide bonds. The second-order valence-electron chi connectivity index (χ2n) is 2.53. The van der Waals surface area contributed by atoms with Crippen molar-refractivity contribution in [2.75, 3.05) is 0 Å². The molecule has 0 saturated carbocycles. The largest absolute Gasteiger partial charge is 0.481 e. The van der Waals surface area contributed by atoms with Crippen molar-refractivity contribution in [2.45, 2.75) is 12.5 Å². The van der Waals surface area contributed by atoms with Crippen molar-refractivity contribution in [3.05, 3.63) is 0 Å². The quantitative estimate of drug-likeness (QED) is 0.448. The minimum absolute atomic E-state index is 0.177. The molecule has 1 aliphatic rings. The van der Waals surface area contributed by atoms with Gasteiger partial charge in [0.1, 0.15) is 12.0 Å². The van der Waals surface area contributed by atoms with Crippen LogP contribution in [0.2, 0.25) is 0 Å². The molecule has 0 aromatic heterocycles. The molecule has 1 unspecified atom stereocenters. The number of carboxylic acid groups (broad SMARTS) is 2. The van der Waals surface area contributed by atoms with Crippen LogP contribution in [-0.4, -0.2) is 34.1 Å². The van der Waals surface area contributed by atoms with Gasteiger partial charge in [-0.25, -0.2) is 4.79 Å². The second kappa shape index (κ2) is 2.80. The van der Waals surface area contributed by atoms with Gasteiger partial charge in [0, 0.05) is 6.42 Å². The van der Waals surface area contributed by atoms with Gasteiger partial charge in [-0.3, -0.25) is 9.59 Å². The molecule has 6 nitrogen and oxygen atoms in total. The van der Waals surface area contributed by atoms with Crippen LogP contribution < -0.4 is 5.32 Å². The third-order valence-corrected chi connectivity index (χ3v) is 1.70. The summed E-state index contributed by atoms with van der Waals surface area (Å²) in [6, 6.07) is -1.06. The molecule has 0 bridgehead atoms. The zero-order valence-corrected chi connectivity index (χ0v) is 5.98. The number of amides is 1. The lowest BCUT2D eigenvalue weighted by molar-refractivity contribution is -0.145. The van der Waals surface area contributed by atoms with Gasteiger partial charge >= 0.3 is 11.9 Å². The van der Waals surface area contributed by atoms with Gasteiger partial charge in [-0.05, 0) is 0 Å². The van der Waals surface area contributed by atoms with Crippen molar-refractivity contribution in [3.63, 3.8) is 0 Å². The topological polar surface area (TPSA) is 104 Å². The number of carbonyl (C=O) groups is 3. The number of rotatable bonds is 2. The van der Waals surface area contributed by atoms with Crippen molar-refractivity contribution in [1.82, 2.24) is 5.32 Å². The van der Waals surface area contributed by atoms with E-state index in [0.717, 1.165) is 0 Å². The highest BCUT2D eigenvalue weighted by atomic mass is 16.4. The highest BCUT2D eigenvalue weighted by Crippen LogP contribution is 2.15. The lowest BCUT2D eigenvalue weighted by atomic mass is 10.1. The van der Waals surface area contributed by atoms with E-state index in [-0.39, 0.29) is 6.42 Å². The summed E-state index contributed by atoms with van der Waals surface area (Å²) >= 11 is 0. The molecule has 0 spiro atoms. The number of nitrogens with one attached hydrogen (secondary N) is 1. The highest BCUT2D eigenvalue weighted by Gasteiger charge is 2.40. The molecule has 12 heavy (non-hydrogen) atoms. The molecule has 0 radical (unpaired) electrons. The molecule has 1 rings (SSSR count). The van der Waals surface area contributed by atoms with E-state index in [4.69, 9.17) is 10.2 Å². The van der Waals surface area contributed by atoms with E-state index in [9.17, 15) is 14.4 Å². The fourth-order valence-corrected chi connectivity index (χ4v) is 1.05. The van der Waals surface area contributed by atoms with Crippen LogP contribution in [0.15, 0.2) is 0 Å². The number of aliphatic carboxylic acids is 2. The van der Waals surface area contributed by atoms with Crippen molar-refractivity contribution in [2.24, 2.45) is 5.92 Å². The van der Waals surface area contributed by atoms with Crippen LogP contribution >= 0.6 is 0 Å². The summed E-state index contributed by atoms with van der Waals surface area (Å²) in [6.07, 6.45) is -0.177. The number of carboxylic acids is 2. The Morgan fingerprint density at radius 3 is 2.17 bits per heavy atom. The third-order valence-electron chi connectivity index (χ3n) is 1.70. The maximum absolute atomic E-state index is 10.8. The Bertz CT molecular complexity index is 248. The first-order chi connectivity index (χ1) is 5.52. The molecule has 0 aromatic rings. The van der Waals surface area contributed by atoms with Crippen molar-refractivity contribution in [1.29, 1.82) is 0 Å². The summed E-state index contributed by atoms with van der Waals surface area (Å²) in [5, 5.41) is 18.9. The van der Waals surface area contributed by atoms with Gasteiger partial charge in [0.05, 0.1) is 0 Å². The van der Waals surface area contributed by atoms with Crippen molar-refractivity contribution >= 4 is 17.8 Å². The summed E-state index contributed by atoms with van der Waals surface area (Å²) in [5.41, 5.74) is 0. The lowest BCUT2D eigenvalue weighted by Gasteiger charge is -1.99. The Labute approximate surface area is 67.2 Å². The van der Waals surface area contributed by atoms with Gasteiger partial charge in [0.15, 0.2) is 0 Å². The van der Waals surface area contributed by atoms with E-state index < -0.39 is 29.8 Å². The normalized spacial score (nSPS) is 28.2. The van der Waals surface area contributed by atoms with Crippen LogP contribution in [0, 0.1) is 5.92 Å². The van der Waals surface area contributed by atoms with Crippen molar-refractivity contribution in [3.8, 4) is 0 Å². The number of hydrogen-bond donors (Lipinski definition) is 3. The van der Waals surface area contributed by atoms with Gasteiger partial charge in [0.2, 0.25) is 5.91 Å². The third kappa shape index (κ3) is 1.36. The molecule has 2 atom stereocenters. The van der Waals surface area contributed by atoms with Gasteiger partial charge < -0.3 is 15.5 Å². The monoisotopic (exact) mass is 173 g/mol. The van der Waals surface area contributed by atoms with E-state index in [2.05, 4.69) is 5.32 Å². The first-order valence-corrected chi connectivity index (χ1v) is 3.28. The van der Waals surface area contributed by atoms with Crippen LogP contribution in [0.3, 0.4) is 0 Å². The molecule has 1 saturated heterocycles. The van der Waals surface area contributed by atoms with Gasteiger partial charge in [-0.15, -0.1) is 0 Å². The Balaban J connectivity index is 2.68. The summed E-state index contributed by atoms with van der Waals surface area (Å²) in [6.45, 7) is 0. The molecular weight excluding hydrogens is 166 g/mol. The first kappa shape index (κ1) is 8.51. The second-order valence-corrected chi connectivity index (χ2v) is 2.53. The predicted octanol–water partition coefficient (Wildman–Crippen LogP) is -1.34. The van der Waals surface area contributed by atoms with Crippen LogP contribution in [0.4, 0.5) is 0 Å². The molecule has 66 valence electrons. The van der Waals surface area contributed by atoms with Crippen LogP contribution in [0.1, 0.15) is 6.42 Å². The standard InChI is InChI=1S/C6H7NO5/c8-4-2(5(9)10)1-3(7-4)6(11)12/h2-3H,1H2,(H,7,8)(H,9,10)(H,11,12)/t2?,3-/m0/s1. The molecule has 1 aliphatic heterocycles. The lowest BCUT2D eigenvalue weighted by Crippen LogP contribution is -2.33. The summed E-state index contributed by atoms with van der Waals surface area (Å²) < 4.78 is 0.